The summed E-state index contributed by atoms with van der Waals surface area (Å²) in [4.78, 5) is 12.1. The molecule has 0 aliphatic rings. The highest BCUT2D eigenvalue weighted by Crippen LogP contribution is 2.27. The van der Waals surface area contributed by atoms with Crippen LogP contribution in [0.25, 0.3) is 0 Å². The van der Waals surface area contributed by atoms with Crippen molar-refractivity contribution in [1.82, 2.24) is 15.1 Å². The van der Waals surface area contributed by atoms with Gasteiger partial charge >= 0.3 is 6.18 Å². The lowest BCUT2D eigenvalue weighted by Crippen LogP contribution is -2.27. The summed E-state index contributed by atoms with van der Waals surface area (Å²) < 4.78 is 48.6. The second-order valence-corrected chi connectivity index (χ2v) is 4.82. The summed E-state index contributed by atoms with van der Waals surface area (Å²) in [6, 6.07) is 5.58. The van der Waals surface area contributed by atoms with Crippen molar-refractivity contribution in [3.63, 3.8) is 0 Å². The first kappa shape index (κ1) is 17.6. The van der Waals surface area contributed by atoms with Crippen molar-refractivity contribution in [3.8, 4) is 11.5 Å². The number of hydrogen-bond donors (Lipinski definition) is 1. The fourth-order valence-electron chi connectivity index (χ4n) is 1.96. The summed E-state index contributed by atoms with van der Waals surface area (Å²) in [5, 5.41) is 6.01. The maximum absolute atomic E-state index is 12.4. The molecular formula is C15H16F3N3O3. The number of benzene rings is 1. The molecule has 24 heavy (non-hydrogen) atoms. The second kappa shape index (κ2) is 7.24. The number of hydrogen-bond acceptors (Lipinski definition) is 4. The van der Waals surface area contributed by atoms with E-state index >= 15 is 0 Å². The van der Waals surface area contributed by atoms with Crippen LogP contribution >= 0.6 is 0 Å². The van der Waals surface area contributed by atoms with E-state index in [1.165, 1.54) is 32.5 Å². The van der Waals surface area contributed by atoms with Crippen molar-refractivity contribution in [3.05, 3.63) is 41.7 Å². The third-order valence-corrected chi connectivity index (χ3v) is 3.17. The molecule has 130 valence electrons. The SMILES string of the molecule is COc1cc(OC)cc(C(=O)NCCn2ccc(C(F)(F)F)n2)c1. The summed E-state index contributed by atoms with van der Waals surface area (Å²) in [5.74, 6) is 0.526. The Kier molecular flexibility index (Phi) is 5.32. The summed E-state index contributed by atoms with van der Waals surface area (Å²) in [7, 11) is 2.93. The summed E-state index contributed by atoms with van der Waals surface area (Å²) >= 11 is 0. The number of alkyl halides is 3. The fraction of sp³-hybridized carbons (Fsp3) is 0.333. The lowest BCUT2D eigenvalue weighted by atomic mass is 10.2. The van der Waals surface area contributed by atoms with Crippen LogP contribution in [0.4, 0.5) is 13.2 Å². The molecule has 0 fully saturated rings. The van der Waals surface area contributed by atoms with Gasteiger partial charge in [0.2, 0.25) is 0 Å². The van der Waals surface area contributed by atoms with Crippen LogP contribution in [0.5, 0.6) is 11.5 Å². The molecular weight excluding hydrogens is 327 g/mol. The smallest absolute Gasteiger partial charge is 0.435 e. The normalized spacial score (nSPS) is 11.2. The quantitative estimate of drug-likeness (QED) is 0.874. The number of rotatable bonds is 6. The number of methoxy groups -OCH3 is 2. The number of amides is 1. The monoisotopic (exact) mass is 343 g/mol. The van der Waals surface area contributed by atoms with Gasteiger partial charge < -0.3 is 14.8 Å². The van der Waals surface area contributed by atoms with E-state index in [-0.39, 0.29) is 13.1 Å². The molecule has 0 bridgehead atoms. The second-order valence-electron chi connectivity index (χ2n) is 4.82. The molecule has 0 unspecified atom stereocenters. The van der Waals surface area contributed by atoms with E-state index in [1.807, 2.05) is 0 Å². The summed E-state index contributed by atoms with van der Waals surface area (Å²) in [6.07, 6.45) is -3.27. The van der Waals surface area contributed by atoms with Gasteiger partial charge in [-0.2, -0.15) is 18.3 Å². The minimum atomic E-state index is -4.48. The molecule has 2 aromatic rings. The highest BCUT2D eigenvalue weighted by atomic mass is 19.4. The molecule has 9 heteroatoms. The first-order chi connectivity index (χ1) is 11.3. The largest absolute Gasteiger partial charge is 0.497 e. The first-order valence-electron chi connectivity index (χ1n) is 6.95. The van der Waals surface area contributed by atoms with Crippen molar-refractivity contribution in [1.29, 1.82) is 0 Å². The van der Waals surface area contributed by atoms with Gasteiger partial charge in [-0.3, -0.25) is 9.48 Å². The lowest BCUT2D eigenvalue weighted by molar-refractivity contribution is -0.141. The standard InChI is InChI=1S/C15H16F3N3O3/c1-23-11-7-10(8-12(9-11)24-2)14(22)19-4-6-21-5-3-13(20-21)15(16,17)18/h3,5,7-9H,4,6H2,1-2H3,(H,19,22). The predicted octanol–water partition coefficient (Wildman–Crippen LogP) is 2.35. The van der Waals surface area contributed by atoms with Gasteiger partial charge in [0.05, 0.1) is 20.8 Å². The zero-order valence-corrected chi connectivity index (χ0v) is 13.1. The number of ether oxygens (including phenoxy) is 2. The van der Waals surface area contributed by atoms with Gasteiger partial charge in [0.25, 0.3) is 5.91 Å². The van der Waals surface area contributed by atoms with Gasteiger partial charge in [-0.25, -0.2) is 0 Å². The number of halogens is 3. The Balaban J connectivity index is 1.95. The fourth-order valence-corrected chi connectivity index (χ4v) is 1.96. The van der Waals surface area contributed by atoms with Crippen molar-refractivity contribution >= 4 is 5.91 Å². The van der Waals surface area contributed by atoms with E-state index in [4.69, 9.17) is 9.47 Å². The van der Waals surface area contributed by atoms with Crippen LogP contribution in [0.1, 0.15) is 16.1 Å². The van der Waals surface area contributed by atoms with Crippen LogP contribution in [0.3, 0.4) is 0 Å². The van der Waals surface area contributed by atoms with Crippen molar-refractivity contribution < 1.29 is 27.4 Å². The molecule has 1 aromatic heterocycles. The van der Waals surface area contributed by atoms with Crippen molar-refractivity contribution in [2.45, 2.75) is 12.7 Å². The minimum absolute atomic E-state index is 0.114. The number of carbonyl (C=O) groups excluding carboxylic acids is 1. The van der Waals surface area contributed by atoms with Gasteiger partial charge in [-0.1, -0.05) is 0 Å². The van der Waals surface area contributed by atoms with Gasteiger partial charge in [0, 0.05) is 24.4 Å². The highest BCUT2D eigenvalue weighted by molar-refractivity contribution is 5.95. The molecule has 0 spiro atoms. The highest BCUT2D eigenvalue weighted by Gasteiger charge is 2.33. The zero-order chi connectivity index (χ0) is 17.7. The molecule has 0 radical (unpaired) electrons. The minimum Gasteiger partial charge on any atom is -0.497 e. The first-order valence-corrected chi connectivity index (χ1v) is 6.95. The summed E-state index contributed by atoms with van der Waals surface area (Å²) in [6.45, 7) is 0.236. The molecule has 1 aromatic carbocycles. The Labute approximate surface area is 136 Å². The predicted molar refractivity (Wildman–Crippen MR) is 79.1 cm³/mol. The molecule has 0 aliphatic heterocycles. The maximum Gasteiger partial charge on any atom is 0.435 e. The molecule has 1 N–H and O–H groups in total. The van der Waals surface area contributed by atoms with Gasteiger partial charge in [-0.05, 0) is 18.2 Å². The molecule has 0 saturated carbocycles. The van der Waals surface area contributed by atoms with E-state index in [9.17, 15) is 18.0 Å². The van der Waals surface area contributed by atoms with Crippen LogP contribution in [0.15, 0.2) is 30.5 Å². The van der Waals surface area contributed by atoms with Crippen LogP contribution in [-0.4, -0.2) is 36.5 Å². The topological polar surface area (TPSA) is 65.4 Å². The third kappa shape index (κ3) is 4.40. The van der Waals surface area contributed by atoms with E-state index in [1.54, 1.807) is 6.07 Å². The van der Waals surface area contributed by atoms with Crippen LogP contribution in [0.2, 0.25) is 0 Å². The number of aromatic nitrogens is 2. The van der Waals surface area contributed by atoms with E-state index < -0.39 is 17.8 Å². The molecule has 0 aliphatic carbocycles. The lowest BCUT2D eigenvalue weighted by Gasteiger charge is -2.09. The summed E-state index contributed by atoms with van der Waals surface area (Å²) in [5.41, 5.74) is -0.644. The average molecular weight is 343 g/mol. The average Bonchev–Trinajstić information content (AvgIpc) is 3.03. The molecule has 2 rings (SSSR count). The molecule has 0 saturated heterocycles. The van der Waals surface area contributed by atoms with Gasteiger partial charge in [-0.15, -0.1) is 0 Å². The number of nitrogens with one attached hydrogen (secondary N) is 1. The molecule has 1 amide bonds. The molecule has 6 nitrogen and oxygen atoms in total. The van der Waals surface area contributed by atoms with Gasteiger partial charge in [0.1, 0.15) is 11.5 Å². The molecule has 1 heterocycles. The van der Waals surface area contributed by atoms with Crippen molar-refractivity contribution in [2.75, 3.05) is 20.8 Å². The number of carbonyl (C=O) groups is 1. The van der Waals surface area contributed by atoms with Gasteiger partial charge in [0.15, 0.2) is 5.69 Å². The zero-order valence-electron chi connectivity index (χ0n) is 13.1. The number of nitrogens with zero attached hydrogens (tertiary/aromatic N) is 2. The Morgan fingerprint density at radius 1 is 1.21 bits per heavy atom. The Morgan fingerprint density at radius 2 is 1.83 bits per heavy atom. The Bertz CT molecular complexity index is 691. The Hall–Kier alpha value is -2.71. The van der Waals surface area contributed by atoms with E-state index in [0.717, 1.165) is 10.7 Å². The van der Waals surface area contributed by atoms with E-state index in [0.29, 0.717) is 17.1 Å². The maximum atomic E-state index is 12.4. The van der Waals surface area contributed by atoms with E-state index in [2.05, 4.69) is 10.4 Å². The van der Waals surface area contributed by atoms with Crippen LogP contribution in [-0.2, 0) is 12.7 Å². The molecule has 0 atom stereocenters. The van der Waals surface area contributed by atoms with Crippen LogP contribution < -0.4 is 14.8 Å². The third-order valence-electron chi connectivity index (χ3n) is 3.17. The Morgan fingerprint density at radius 3 is 2.33 bits per heavy atom. The van der Waals surface area contributed by atoms with Crippen LogP contribution in [0, 0.1) is 0 Å². The van der Waals surface area contributed by atoms with Crippen molar-refractivity contribution in [2.24, 2.45) is 0 Å².